The van der Waals surface area contributed by atoms with Gasteiger partial charge in [-0.25, -0.2) is 4.79 Å². The summed E-state index contributed by atoms with van der Waals surface area (Å²) in [6.45, 7) is 12.3. The van der Waals surface area contributed by atoms with E-state index in [0.717, 1.165) is 29.0 Å². The van der Waals surface area contributed by atoms with Crippen molar-refractivity contribution in [1.82, 2.24) is 4.90 Å². The Hall–Kier alpha value is -2.82. The molecule has 0 unspecified atom stereocenters. The second-order valence-corrected chi connectivity index (χ2v) is 12.8. The van der Waals surface area contributed by atoms with Crippen molar-refractivity contribution in [3.05, 3.63) is 52.6 Å². The van der Waals surface area contributed by atoms with Gasteiger partial charge < -0.3 is 24.0 Å². The number of methoxy groups -OCH3 is 1. The predicted molar refractivity (Wildman–Crippen MR) is 149 cm³/mol. The first kappa shape index (κ1) is 29.2. The van der Waals surface area contributed by atoms with Gasteiger partial charge in [-0.2, -0.15) is 8.42 Å². The van der Waals surface area contributed by atoms with Crippen LogP contribution in [0.1, 0.15) is 43.0 Å². The molecule has 1 amide bonds. The molecule has 0 bridgehead atoms. The molecule has 0 aliphatic carbocycles. The van der Waals surface area contributed by atoms with Gasteiger partial charge in [-0.05, 0) is 82.3 Å². The van der Waals surface area contributed by atoms with Crippen LogP contribution >= 0.6 is 0 Å². The fourth-order valence-electron chi connectivity index (χ4n) is 5.02. The third-order valence-corrected chi connectivity index (χ3v) is 8.38. The van der Waals surface area contributed by atoms with Crippen LogP contribution in [0.5, 0.6) is 5.75 Å². The minimum Gasteiger partial charge on any atom is -0.490 e. The summed E-state index contributed by atoms with van der Waals surface area (Å²) >= 11 is 0. The van der Waals surface area contributed by atoms with Gasteiger partial charge in [0, 0.05) is 26.7 Å². The molecule has 2 aliphatic rings. The number of hydrogen-bond acceptors (Lipinski definition) is 8. The van der Waals surface area contributed by atoms with Gasteiger partial charge in [-0.15, -0.1) is 0 Å². The first-order valence-electron chi connectivity index (χ1n) is 13.4. The average molecular weight is 561 g/mol. The van der Waals surface area contributed by atoms with E-state index in [-0.39, 0.29) is 17.6 Å². The number of fused-ring (bicyclic) bond motifs is 2. The van der Waals surface area contributed by atoms with Crippen molar-refractivity contribution in [3.63, 3.8) is 0 Å². The van der Waals surface area contributed by atoms with Crippen LogP contribution in [0.4, 0.5) is 10.5 Å². The molecular formula is C29H40N2O7S. The fraction of sp³-hybridized carbons (Fsp3) is 0.552. The molecule has 2 heterocycles. The van der Waals surface area contributed by atoms with Crippen molar-refractivity contribution >= 4 is 21.9 Å². The second-order valence-electron chi connectivity index (χ2n) is 11.2. The van der Waals surface area contributed by atoms with Gasteiger partial charge in [0.05, 0.1) is 29.8 Å². The Morgan fingerprint density at radius 2 is 1.77 bits per heavy atom. The number of ether oxygens (including phenoxy) is 3. The summed E-state index contributed by atoms with van der Waals surface area (Å²) in [5.74, 6) is 0.797. The van der Waals surface area contributed by atoms with Crippen LogP contribution in [-0.4, -0.2) is 77.6 Å². The first-order chi connectivity index (χ1) is 18.4. The number of nitrogens with zero attached hydrogens (tertiary/aromatic N) is 2. The van der Waals surface area contributed by atoms with Gasteiger partial charge in [0.25, 0.3) is 10.1 Å². The lowest BCUT2D eigenvalue weighted by molar-refractivity contribution is 0.0258. The Bertz CT molecular complexity index is 1290. The third kappa shape index (κ3) is 7.04. The summed E-state index contributed by atoms with van der Waals surface area (Å²) in [7, 11) is -2.34. The molecule has 1 atom stereocenters. The largest absolute Gasteiger partial charge is 0.490 e. The number of carbonyl (C=O) groups excluding carboxylic acids is 1. The molecule has 2 aromatic carbocycles. The number of benzene rings is 2. The van der Waals surface area contributed by atoms with Gasteiger partial charge in [0.1, 0.15) is 18.0 Å². The molecule has 0 N–H and O–H groups in total. The number of carbonyl (C=O) groups is 1. The maximum atomic E-state index is 12.7. The van der Waals surface area contributed by atoms with Gasteiger partial charge in [-0.3, -0.25) is 4.18 Å². The molecule has 0 radical (unpaired) electrons. The van der Waals surface area contributed by atoms with Crippen LogP contribution in [0, 0.1) is 13.8 Å². The monoisotopic (exact) mass is 560 g/mol. The maximum Gasteiger partial charge on any atom is 0.410 e. The molecular weight excluding hydrogens is 520 g/mol. The lowest BCUT2D eigenvalue weighted by atomic mass is 9.94. The molecule has 0 saturated heterocycles. The smallest absolute Gasteiger partial charge is 0.410 e. The molecule has 10 heteroatoms. The highest BCUT2D eigenvalue weighted by molar-refractivity contribution is 7.86. The lowest BCUT2D eigenvalue weighted by Gasteiger charge is -2.36. The summed E-state index contributed by atoms with van der Waals surface area (Å²) in [6.07, 6.45) is 0.668. The number of aryl methyl sites for hydroxylation is 1. The highest BCUT2D eigenvalue weighted by Gasteiger charge is 2.30. The van der Waals surface area contributed by atoms with Crippen LogP contribution in [0.25, 0.3) is 0 Å². The quantitative estimate of drug-likeness (QED) is 0.464. The number of hydrogen-bond donors (Lipinski definition) is 0. The Morgan fingerprint density at radius 1 is 1.08 bits per heavy atom. The molecule has 0 spiro atoms. The van der Waals surface area contributed by atoms with Crippen LogP contribution < -0.4 is 9.64 Å². The molecule has 0 aromatic heterocycles. The van der Waals surface area contributed by atoms with Crippen molar-refractivity contribution in [3.8, 4) is 5.75 Å². The van der Waals surface area contributed by atoms with E-state index in [2.05, 4.69) is 17.9 Å². The Labute approximate surface area is 232 Å². The van der Waals surface area contributed by atoms with E-state index >= 15 is 0 Å². The van der Waals surface area contributed by atoms with Gasteiger partial charge in [-0.1, -0.05) is 17.7 Å². The van der Waals surface area contributed by atoms with Gasteiger partial charge in [0.15, 0.2) is 0 Å². The van der Waals surface area contributed by atoms with Crippen molar-refractivity contribution in [2.75, 3.05) is 51.4 Å². The molecule has 9 nitrogen and oxygen atoms in total. The molecule has 39 heavy (non-hydrogen) atoms. The standard InChI is InChI=1S/C29H40N2O7S/c1-20-7-9-24(10-8-20)39(33,34)37-19-23(35-6)18-31-15-16-36-26-17-22-11-13-30(28(32)38-29(3,4)5)14-12-25(22)21(2)27(26)31/h7-10,17,23H,11-16,18-19H2,1-6H3/t23-/m1/s1. The summed E-state index contributed by atoms with van der Waals surface area (Å²) in [4.78, 5) is 16.8. The summed E-state index contributed by atoms with van der Waals surface area (Å²) in [5.41, 5.74) is 4.91. The fourth-order valence-corrected chi connectivity index (χ4v) is 5.96. The van der Waals surface area contributed by atoms with E-state index in [1.54, 1.807) is 36.3 Å². The summed E-state index contributed by atoms with van der Waals surface area (Å²) in [6, 6.07) is 8.66. The lowest BCUT2D eigenvalue weighted by Crippen LogP contribution is -2.41. The van der Waals surface area contributed by atoms with Crippen LogP contribution in [0.15, 0.2) is 35.2 Å². The predicted octanol–water partition coefficient (Wildman–Crippen LogP) is 4.26. The number of rotatable bonds is 7. The minimum atomic E-state index is -3.90. The molecule has 4 rings (SSSR count). The third-order valence-electron chi connectivity index (χ3n) is 7.08. The van der Waals surface area contributed by atoms with E-state index in [1.165, 1.54) is 11.1 Å². The van der Waals surface area contributed by atoms with Gasteiger partial charge in [0.2, 0.25) is 0 Å². The molecule has 214 valence electrons. The van der Waals surface area contributed by atoms with Crippen molar-refractivity contribution < 1.29 is 31.6 Å². The van der Waals surface area contributed by atoms with Crippen LogP contribution in [0.2, 0.25) is 0 Å². The van der Waals surface area contributed by atoms with Gasteiger partial charge >= 0.3 is 6.09 Å². The van der Waals surface area contributed by atoms with E-state index in [4.69, 9.17) is 18.4 Å². The Kier molecular flexibility index (Phi) is 8.78. The summed E-state index contributed by atoms with van der Waals surface area (Å²) in [5, 5.41) is 0. The zero-order valence-corrected chi connectivity index (χ0v) is 24.6. The van der Waals surface area contributed by atoms with E-state index in [0.29, 0.717) is 39.2 Å². The average Bonchev–Trinajstić information content (AvgIpc) is 3.09. The molecule has 0 fully saturated rings. The van der Waals surface area contributed by atoms with E-state index in [1.807, 2.05) is 27.7 Å². The zero-order valence-electron chi connectivity index (χ0n) is 23.8. The highest BCUT2D eigenvalue weighted by Crippen LogP contribution is 2.40. The molecule has 0 saturated carbocycles. The van der Waals surface area contributed by atoms with Crippen molar-refractivity contribution in [1.29, 1.82) is 0 Å². The van der Waals surface area contributed by atoms with Crippen molar-refractivity contribution in [2.45, 2.75) is 64.1 Å². The van der Waals surface area contributed by atoms with E-state index in [9.17, 15) is 13.2 Å². The Morgan fingerprint density at radius 3 is 2.44 bits per heavy atom. The Balaban J connectivity index is 1.48. The zero-order chi connectivity index (χ0) is 28.4. The minimum absolute atomic E-state index is 0.103. The van der Waals surface area contributed by atoms with E-state index < -0.39 is 21.8 Å². The number of anilines is 1. The van der Waals surface area contributed by atoms with Crippen LogP contribution in [-0.2, 0) is 36.6 Å². The SMILES string of the molecule is CO[C@@H](COS(=O)(=O)c1ccc(C)cc1)CN1CCOc2cc3c(c(C)c21)CCN(C(=O)OC(C)(C)C)CC3. The second kappa shape index (κ2) is 11.7. The topological polar surface area (TPSA) is 94.6 Å². The first-order valence-corrected chi connectivity index (χ1v) is 14.8. The molecule has 2 aromatic rings. The van der Waals surface area contributed by atoms with Crippen LogP contribution in [0.3, 0.4) is 0 Å². The number of amides is 1. The van der Waals surface area contributed by atoms with Crippen molar-refractivity contribution in [2.24, 2.45) is 0 Å². The highest BCUT2D eigenvalue weighted by atomic mass is 32.2. The normalized spacial score (nSPS) is 16.6. The summed E-state index contributed by atoms with van der Waals surface area (Å²) < 4.78 is 48.1. The molecule has 2 aliphatic heterocycles. The maximum absolute atomic E-state index is 12.7.